The van der Waals surface area contributed by atoms with E-state index in [0.717, 1.165) is 16.5 Å². The molecule has 0 unspecified atom stereocenters. The minimum Gasteiger partial charge on any atom is -0.351 e. The molecule has 140 valence electrons. The highest BCUT2D eigenvalue weighted by atomic mass is 35.5. The molecule has 1 N–H and O–H groups in total. The molecule has 0 bridgehead atoms. The molecule has 2 heterocycles. The molecular weight excluding hydrogens is 376 g/mol. The van der Waals surface area contributed by atoms with Gasteiger partial charge in [0.25, 0.3) is 11.7 Å². The largest absolute Gasteiger partial charge is 0.351 e. The Bertz CT molecular complexity index is 1170. The number of aromatic nitrogens is 3. The number of nitrogens with zero attached hydrogens (tertiary/aromatic N) is 3. The number of amides is 1. The summed E-state index contributed by atoms with van der Waals surface area (Å²) in [5, 5.41) is 8.47. The molecule has 0 aliphatic rings. The van der Waals surface area contributed by atoms with Crippen molar-refractivity contribution in [3.05, 3.63) is 83.3 Å². The van der Waals surface area contributed by atoms with Crippen molar-refractivity contribution in [2.45, 2.75) is 6.54 Å². The molecule has 0 spiro atoms. The number of carbonyl (C=O) groups is 2. The Hall–Kier alpha value is -3.38. The van der Waals surface area contributed by atoms with Gasteiger partial charge in [-0.1, -0.05) is 23.7 Å². The third kappa shape index (κ3) is 3.68. The summed E-state index contributed by atoms with van der Waals surface area (Å²) in [6.07, 6.45) is 4.91. The summed E-state index contributed by atoms with van der Waals surface area (Å²) in [5.74, 6) is -1.32. The second kappa shape index (κ2) is 7.32. The lowest BCUT2D eigenvalue weighted by atomic mass is 10.2. The highest BCUT2D eigenvalue weighted by Crippen LogP contribution is 2.20. The molecule has 6 nitrogen and oxygen atoms in total. The number of halogens is 1. The molecule has 4 aromatic rings. The maximum Gasteiger partial charge on any atom is 0.296 e. The van der Waals surface area contributed by atoms with Crippen molar-refractivity contribution in [1.29, 1.82) is 0 Å². The maximum absolute atomic E-state index is 12.4. The molecule has 1 amide bonds. The number of rotatable bonds is 5. The van der Waals surface area contributed by atoms with Crippen LogP contribution in [-0.2, 0) is 18.4 Å². The first-order valence-electron chi connectivity index (χ1n) is 8.67. The van der Waals surface area contributed by atoms with Crippen molar-refractivity contribution < 1.29 is 9.59 Å². The van der Waals surface area contributed by atoms with E-state index in [1.54, 1.807) is 29.1 Å². The Morgan fingerprint density at radius 3 is 2.68 bits per heavy atom. The molecule has 0 fully saturated rings. The predicted octanol–water partition coefficient (Wildman–Crippen LogP) is 3.90. The molecule has 0 atom stereocenters. The SMILES string of the molecule is Cn1ccc2cc(NC(=O)C(=O)c3cnn(Cc4ccc(Cl)cc4)c3)ccc21. The van der Waals surface area contributed by atoms with Gasteiger partial charge >= 0.3 is 0 Å². The summed E-state index contributed by atoms with van der Waals surface area (Å²) in [5.41, 5.74) is 2.86. The Morgan fingerprint density at radius 2 is 1.89 bits per heavy atom. The highest BCUT2D eigenvalue weighted by molar-refractivity contribution is 6.46. The van der Waals surface area contributed by atoms with Gasteiger partial charge in [0.2, 0.25) is 0 Å². The highest BCUT2D eigenvalue weighted by Gasteiger charge is 2.18. The topological polar surface area (TPSA) is 68.9 Å². The van der Waals surface area contributed by atoms with Gasteiger partial charge in [0, 0.05) is 41.1 Å². The molecule has 0 saturated heterocycles. The zero-order valence-electron chi connectivity index (χ0n) is 15.1. The van der Waals surface area contributed by atoms with Crippen molar-refractivity contribution in [2.24, 2.45) is 7.05 Å². The van der Waals surface area contributed by atoms with Crippen molar-refractivity contribution in [3.63, 3.8) is 0 Å². The number of hydrogen-bond donors (Lipinski definition) is 1. The third-order valence-electron chi connectivity index (χ3n) is 4.50. The van der Waals surface area contributed by atoms with E-state index in [2.05, 4.69) is 10.4 Å². The molecule has 7 heteroatoms. The van der Waals surface area contributed by atoms with E-state index >= 15 is 0 Å². The van der Waals surface area contributed by atoms with Crippen LogP contribution in [0.5, 0.6) is 0 Å². The number of Topliss-reactive ketones (excluding diaryl/α,β-unsaturated/α-hetero) is 1. The first kappa shape index (κ1) is 18.0. The number of fused-ring (bicyclic) bond motifs is 1. The quantitative estimate of drug-likeness (QED) is 0.413. The first-order chi connectivity index (χ1) is 13.5. The second-order valence-electron chi connectivity index (χ2n) is 6.54. The molecular formula is C21H17ClN4O2. The lowest BCUT2D eigenvalue weighted by Crippen LogP contribution is -2.22. The van der Waals surface area contributed by atoms with Crippen LogP contribution >= 0.6 is 11.6 Å². The fourth-order valence-electron chi connectivity index (χ4n) is 3.02. The van der Waals surface area contributed by atoms with E-state index in [0.29, 0.717) is 17.3 Å². The number of nitrogens with one attached hydrogen (secondary N) is 1. The summed E-state index contributed by atoms with van der Waals surface area (Å²) in [7, 11) is 1.95. The van der Waals surface area contributed by atoms with Crippen LogP contribution in [0.15, 0.2) is 67.1 Å². The Morgan fingerprint density at radius 1 is 1.11 bits per heavy atom. The number of carbonyl (C=O) groups excluding carboxylic acids is 2. The molecule has 0 radical (unpaired) electrons. The lowest BCUT2D eigenvalue weighted by molar-refractivity contribution is -0.112. The van der Waals surface area contributed by atoms with Crippen LogP contribution < -0.4 is 5.32 Å². The van der Waals surface area contributed by atoms with E-state index < -0.39 is 11.7 Å². The Balaban J connectivity index is 1.45. The van der Waals surface area contributed by atoms with Gasteiger partial charge in [0.05, 0.1) is 18.3 Å². The number of aryl methyl sites for hydroxylation is 1. The molecule has 28 heavy (non-hydrogen) atoms. The average Bonchev–Trinajstić information content (AvgIpc) is 3.30. The molecule has 0 aliphatic carbocycles. The van der Waals surface area contributed by atoms with Gasteiger partial charge in [-0.15, -0.1) is 0 Å². The summed E-state index contributed by atoms with van der Waals surface area (Å²) >= 11 is 5.88. The molecule has 0 aliphatic heterocycles. The standard InChI is InChI=1S/C21H17ClN4O2/c1-25-9-8-15-10-18(6-7-19(15)25)24-21(28)20(27)16-11-23-26(13-16)12-14-2-4-17(22)5-3-14/h2-11,13H,12H2,1H3,(H,24,28). The van der Waals surface area contributed by atoms with Crippen molar-refractivity contribution in [2.75, 3.05) is 5.32 Å². The van der Waals surface area contributed by atoms with Gasteiger partial charge < -0.3 is 9.88 Å². The summed E-state index contributed by atoms with van der Waals surface area (Å²) in [6.45, 7) is 0.483. The van der Waals surface area contributed by atoms with Crippen LogP contribution in [-0.4, -0.2) is 26.0 Å². The maximum atomic E-state index is 12.4. The summed E-state index contributed by atoms with van der Waals surface area (Å²) < 4.78 is 3.60. The van der Waals surface area contributed by atoms with Crippen molar-refractivity contribution in [3.8, 4) is 0 Å². The van der Waals surface area contributed by atoms with Crippen molar-refractivity contribution in [1.82, 2.24) is 14.3 Å². The predicted molar refractivity (Wildman–Crippen MR) is 109 cm³/mol. The van der Waals surface area contributed by atoms with Crippen LogP contribution in [0.4, 0.5) is 5.69 Å². The minimum absolute atomic E-state index is 0.243. The Labute approximate surface area is 166 Å². The molecule has 0 saturated carbocycles. The van der Waals surface area contributed by atoms with Crippen LogP contribution in [0.2, 0.25) is 5.02 Å². The average molecular weight is 393 g/mol. The van der Waals surface area contributed by atoms with Gasteiger partial charge in [-0.3, -0.25) is 14.3 Å². The van der Waals surface area contributed by atoms with E-state index in [1.807, 2.05) is 48.1 Å². The van der Waals surface area contributed by atoms with E-state index in [4.69, 9.17) is 11.6 Å². The third-order valence-corrected chi connectivity index (χ3v) is 4.75. The first-order valence-corrected chi connectivity index (χ1v) is 9.05. The summed E-state index contributed by atoms with van der Waals surface area (Å²) in [6, 6.07) is 14.8. The monoisotopic (exact) mass is 392 g/mol. The number of anilines is 1. The lowest BCUT2D eigenvalue weighted by Gasteiger charge is -2.04. The zero-order chi connectivity index (χ0) is 19.7. The van der Waals surface area contributed by atoms with Gasteiger partial charge in [-0.2, -0.15) is 5.10 Å². The molecule has 2 aromatic heterocycles. The number of benzene rings is 2. The van der Waals surface area contributed by atoms with E-state index in [1.165, 1.54) is 6.20 Å². The Kier molecular flexibility index (Phi) is 4.71. The van der Waals surface area contributed by atoms with Crippen LogP contribution in [0.1, 0.15) is 15.9 Å². The fraction of sp³-hybridized carbons (Fsp3) is 0.0952. The molecule has 4 rings (SSSR count). The van der Waals surface area contributed by atoms with Crippen molar-refractivity contribution >= 4 is 39.9 Å². The van der Waals surface area contributed by atoms with Gasteiger partial charge in [0.1, 0.15) is 0 Å². The number of hydrogen-bond acceptors (Lipinski definition) is 3. The van der Waals surface area contributed by atoms with Crippen LogP contribution in [0, 0.1) is 0 Å². The normalized spacial score (nSPS) is 10.9. The second-order valence-corrected chi connectivity index (χ2v) is 6.97. The van der Waals surface area contributed by atoms with Crippen LogP contribution in [0.3, 0.4) is 0 Å². The van der Waals surface area contributed by atoms with Gasteiger partial charge in [-0.25, -0.2) is 0 Å². The van der Waals surface area contributed by atoms with Crippen LogP contribution in [0.25, 0.3) is 10.9 Å². The fourth-order valence-corrected chi connectivity index (χ4v) is 3.15. The number of ketones is 1. The molecule has 2 aromatic carbocycles. The zero-order valence-corrected chi connectivity index (χ0v) is 15.8. The minimum atomic E-state index is -0.693. The summed E-state index contributed by atoms with van der Waals surface area (Å²) in [4.78, 5) is 24.8. The van der Waals surface area contributed by atoms with Gasteiger partial charge in [-0.05, 0) is 42.0 Å². The smallest absolute Gasteiger partial charge is 0.296 e. The van der Waals surface area contributed by atoms with E-state index in [-0.39, 0.29) is 5.56 Å². The van der Waals surface area contributed by atoms with E-state index in [9.17, 15) is 9.59 Å². The van der Waals surface area contributed by atoms with Gasteiger partial charge in [0.15, 0.2) is 0 Å².